The highest BCUT2D eigenvalue weighted by Crippen LogP contribution is 2.31. The molecular weight excluding hydrogens is 274 g/mol. The molecule has 1 unspecified atom stereocenters. The van der Waals surface area contributed by atoms with Crippen molar-refractivity contribution >= 4 is 45.9 Å². The quantitative estimate of drug-likeness (QED) is 0.837. The van der Waals surface area contributed by atoms with Crippen molar-refractivity contribution in [3.8, 4) is 0 Å². The minimum absolute atomic E-state index is 0.0110. The molecule has 5 nitrogen and oxygen atoms in total. The molecule has 2 rings (SSSR count). The van der Waals surface area contributed by atoms with Crippen LogP contribution < -0.4 is 10.6 Å². The summed E-state index contributed by atoms with van der Waals surface area (Å²) in [5, 5.41) is 0.277. The van der Waals surface area contributed by atoms with Crippen LogP contribution in [0.25, 0.3) is 0 Å². The number of aromatic nitrogens is 1. The number of nitrogen functional groups attached to an aromatic ring is 1. The molecule has 2 heterocycles. The van der Waals surface area contributed by atoms with Crippen molar-refractivity contribution in [2.45, 2.75) is 18.6 Å². The van der Waals surface area contributed by atoms with Crippen molar-refractivity contribution in [1.82, 2.24) is 4.98 Å². The number of hydrogen-bond donors (Lipinski definition) is 1. The monoisotopic (exact) mass is 285 g/mol. The first kappa shape index (κ1) is 13.2. The number of carbonyl (C=O) groups excluding carboxylic acids is 2. The summed E-state index contributed by atoms with van der Waals surface area (Å²) in [5.41, 5.74) is 6.30. The van der Waals surface area contributed by atoms with E-state index in [9.17, 15) is 9.59 Å². The summed E-state index contributed by atoms with van der Waals surface area (Å²) in [6.07, 6.45) is 0.340. The predicted molar refractivity (Wildman–Crippen MR) is 72.7 cm³/mol. The summed E-state index contributed by atoms with van der Waals surface area (Å²) in [6.45, 7) is 1.96. The van der Waals surface area contributed by atoms with E-state index in [0.29, 0.717) is 18.7 Å². The maximum Gasteiger partial charge on any atom is 0.228 e. The molecule has 1 aromatic rings. The van der Waals surface area contributed by atoms with E-state index in [-0.39, 0.29) is 27.2 Å². The lowest BCUT2D eigenvalue weighted by Gasteiger charge is -2.17. The lowest BCUT2D eigenvalue weighted by atomic mass is 10.3. The molecular formula is C11H12ClN3O2S. The van der Waals surface area contributed by atoms with Crippen molar-refractivity contribution in [1.29, 1.82) is 0 Å². The van der Waals surface area contributed by atoms with Gasteiger partial charge in [0.25, 0.3) is 0 Å². The molecule has 0 radical (unpaired) electrons. The van der Waals surface area contributed by atoms with Crippen molar-refractivity contribution in [3.05, 3.63) is 17.3 Å². The average Bonchev–Trinajstić information content (AvgIpc) is 2.58. The Balaban J connectivity index is 2.19. The van der Waals surface area contributed by atoms with Crippen LogP contribution in [0.15, 0.2) is 12.1 Å². The molecule has 18 heavy (non-hydrogen) atoms. The fourth-order valence-corrected chi connectivity index (χ4v) is 2.97. The number of amides is 1. The van der Waals surface area contributed by atoms with Crippen molar-refractivity contribution in [2.24, 2.45) is 0 Å². The summed E-state index contributed by atoms with van der Waals surface area (Å²) in [6, 6.07) is 3.26. The summed E-state index contributed by atoms with van der Waals surface area (Å²) in [7, 11) is 0. The highest BCUT2D eigenvalue weighted by Gasteiger charge is 2.33. The predicted octanol–water partition coefficient (Wildman–Crippen LogP) is 1.70. The van der Waals surface area contributed by atoms with Gasteiger partial charge in [0.1, 0.15) is 11.0 Å². The van der Waals surface area contributed by atoms with Crippen LogP contribution in [0.4, 0.5) is 11.5 Å². The first-order valence-electron chi connectivity index (χ1n) is 5.37. The zero-order valence-electron chi connectivity index (χ0n) is 9.72. The Labute approximate surface area is 114 Å². The molecule has 1 fully saturated rings. The summed E-state index contributed by atoms with van der Waals surface area (Å²) in [4.78, 5) is 28.4. The summed E-state index contributed by atoms with van der Waals surface area (Å²) in [5.74, 6) is 0.175. The van der Waals surface area contributed by atoms with Gasteiger partial charge in [-0.05, 0) is 12.1 Å². The Morgan fingerprint density at radius 1 is 1.61 bits per heavy atom. The molecule has 1 aromatic heterocycles. The largest absolute Gasteiger partial charge is 0.382 e. The van der Waals surface area contributed by atoms with Crippen LogP contribution in [0.5, 0.6) is 0 Å². The highest BCUT2D eigenvalue weighted by atomic mass is 35.5. The van der Waals surface area contributed by atoms with Gasteiger partial charge in [0.05, 0.1) is 5.69 Å². The number of rotatable bonds is 2. The minimum atomic E-state index is -0.0513. The van der Waals surface area contributed by atoms with Gasteiger partial charge in [-0.2, -0.15) is 0 Å². The number of nitrogens with two attached hydrogens (primary N) is 1. The van der Waals surface area contributed by atoms with Crippen molar-refractivity contribution in [2.75, 3.05) is 17.2 Å². The molecule has 96 valence electrons. The summed E-state index contributed by atoms with van der Waals surface area (Å²) >= 11 is 6.90. The van der Waals surface area contributed by atoms with Crippen LogP contribution in [0, 0.1) is 0 Å². The van der Waals surface area contributed by atoms with Gasteiger partial charge in [-0.1, -0.05) is 23.4 Å². The molecule has 0 aromatic carbocycles. The molecule has 0 saturated carbocycles. The lowest BCUT2D eigenvalue weighted by Crippen LogP contribution is -2.26. The zero-order chi connectivity index (χ0) is 13.3. The standard InChI is InChI=1S/C11H12ClN3O2S/c1-6(16)18-7-4-10(17)15(5-7)8-2-3-9(12)14-11(8)13/h2-3,7H,4-5H2,1H3,(H2,13,14). The maximum atomic E-state index is 11.9. The molecule has 1 atom stereocenters. The Hall–Kier alpha value is -1.27. The van der Waals surface area contributed by atoms with Gasteiger partial charge >= 0.3 is 0 Å². The van der Waals surface area contributed by atoms with Gasteiger partial charge in [0.2, 0.25) is 5.91 Å². The second-order valence-corrected chi connectivity index (χ2v) is 5.84. The van der Waals surface area contributed by atoms with E-state index in [0.717, 1.165) is 0 Å². The van der Waals surface area contributed by atoms with Crippen LogP contribution in [0.1, 0.15) is 13.3 Å². The van der Waals surface area contributed by atoms with E-state index >= 15 is 0 Å². The van der Waals surface area contributed by atoms with Crippen molar-refractivity contribution < 1.29 is 9.59 Å². The molecule has 0 aliphatic carbocycles. The second-order valence-electron chi connectivity index (χ2n) is 3.98. The van der Waals surface area contributed by atoms with E-state index in [4.69, 9.17) is 17.3 Å². The minimum Gasteiger partial charge on any atom is -0.382 e. The molecule has 1 aliphatic heterocycles. The first-order chi connectivity index (χ1) is 8.47. The van der Waals surface area contributed by atoms with E-state index in [2.05, 4.69) is 4.98 Å². The molecule has 7 heteroatoms. The normalized spacial score (nSPS) is 19.3. The fourth-order valence-electron chi connectivity index (χ4n) is 1.89. The smallest absolute Gasteiger partial charge is 0.228 e. The Kier molecular flexibility index (Phi) is 3.77. The van der Waals surface area contributed by atoms with Gasteiger partial charge in [-0.3, -0.25) is 9.59 Å². The molecule has 1 aliphatic rings. The molecule has 1 amide bonds. The molecule has 1 saturated heterocycles. The third-order valence-corrected chi connectivity index (χ3v) is 3.77. The number of pyridine rings is 1. The van der Waals surface area contributed by atoms with Crippen LogP contribution in [-0.2, 0) is 9.59 Å². The van der Waals surface area contributed by atoms with Crippen LogP contribution in [-0.4, -0.2) is 27.8 Å². The van der Waals surface area contributed by atoms with Gasteiger partial charge in [0, 0.05) is 25.1 Å². The number of halogens is 1. The Morgan fingerprint density at radius 3 is 2.94 bits per heavy atom. The number of hydrogen-bond acceptors (Lipinski definition) is 5. The third kappa shape index (κ3) is 2.76. The van der Waals surface area contributed by atoms with Crippen molar-refractivity contribution in [3.63, 3.8) is 0 Å². The molecule has 2 N–H and O–H groups in total. The second kappa shape index (κ2) is 5.16. The molecule has 0 bridgehead atoms. The zero-order valence-corrected chi connectivity index (χ0v) is 11.3. The van der Waals surface area contributed by atoms with E-state index < -0.39 is 0 Å². The SMILES string of the molecule is CC(=O)SC1CC(=O)N(c2ccc(Cl)nc2N)C1. The first-order valence-corrected chi connectivity index (χ1v) is 6.62. The number of thioether (sulfide) groups is 1. The maximum absolute atomic E-state index is 11.9. The topological polar surface area (TPSA) is 76.3 Å². The van der Waals surface area contributed by atoms with Crippen LogP contribution >= 0.6 is 23.4 Å². The lowest BCUT2D eigenvalue weighted by molar-refractivity contribution is -0.117. The van der Waals surface area contributed by atoms with E-state index in [1.807, 2.05) is 0 Å². The number of carbonyl (C=O) groups is 2. The Morgan fingerprint density at radius 2 is 2.33 bits per heavy atom. The number of nitrogens with zero attached hydrogens (tertiary/aromatic N) is 2. The van der Waals surface area contributed by atoms with Gasteiger partial charge in [-0.25, -0.2) is 4.98 Å². The van der Waals surface area contributed by atoms with Crippen LogP contribution in [0.2, 0.25) is 5.15 Å². The average molecular weight is 286 g/mol. The van der Waals surface area contributed by atoms with Gasteiger partial charge < -0.3 is 10.6 Å². The van der Waals surface area contributed by atoms with E-state index in [1.54, 1.807) is 17.0 Å². The van der Waals surface area contributed by atoms with E-state index in [1.165, 1.54) is 18.7 Å². The summed E-state index contributed by atoms with van der Waals surface area (Å²) < 4.78 is 0. The Bertz CT molecular complexity index is 509. The van der Waals surface area contributed by atoms with Gasteiger partial charge in [-0.15, -0.1) is 0 Å². The highest BCUT2D eigenvalue weighted by molar-refractivity contribution is 8.14. The fraction of sp³-hybridized carbons (Fsp3) is 0.364. The van der Waals surface area contributed by atoms with Gasteiger partial charge in [0.15, 0.2) is 5.12 Å². The third-order valence-electron chi connectivity index (χ3n) is 2.58. The van der Waals surface area contributed by atoms with Crippen LogP contribution in [0.3, 0.4) is 0 Å². The molecule has 0 spiro atoms. The number of anilines is 2.